The minimum Gasteiger partial charge on any atom is -0.391 e. The molecule has 3 atom stereocenters. The van der Waals surface area contributed by atoms with Gasteiger partial charge in [-0.2, -0.15) is 0 Å². The van der Waals surface area contributed by atoms with Gasteiger partial charge >= 0.3 is 6.03 Å². The van der Waals surface area contributed by atoms with Gasteiger partial charge in [-0.15, -0.1) is 0 Å². The minimum absolute atomic E-state index is 0.0216. The number of piperidine rings is 1. The Morgan fingerprint density at radius 2 is 2.00 bits per heavy atom. The Balaban J connectivity index is 1.79. The number of urea groups is 1. The second-order valence-corrected chi connectivity index (χ2v) is 6.00. The Morgan fingerprint density at radius 1 is 1.17 bits per heavy atom. The smallest absolute Gasteiger partial charge is 0.317 e. The molecule has 4 nitrogen and oxygen atoms in total. The Morgan fingerprint density at radius 3 is 2.78 bits per heavy atom. The number of aliphatic hydroxyl groups excluding tert-OH is 1. The number of aliphatic hydroxyl groups is 1. The van der Waals surface area contributed by atoms with Crippen molar-refractivity contribution in [3.8, 4) is 0 Å². The monoisotopic (exact) mass is 254 g/mol. The second-order valence-electron chi connectivity index (χ2n) is 6.00. The van der Waals surface area contributed by atoms with Crippen molar-refractivity contribution in [1.29, 1.82) is 0 Å². The summed E-state index contributed by atoms with van der Waals surface area (Å²) in [5.41, 5.74) is 0. The van der Waals surface area contributed by atoms with Crippen LogP contribution in [0.25, 0.3) is 0 Å². The second kappa shape index (κ2) is 6.41. The van der Waals surface area contributed by atoms with E-state index in [9.17, 15) is 9.90 Å². The van der Waals surface area contributed by atoms with Crippen LogP contribution in [0, 0.1) is 5.92 Å². The zero-order valence-electron chi connectivity index (χ0n) is 11.4. The van der Waals surface area contributed by atoms with Crippen LogP contribution in [0.1, 0.15) is 51.9 Å². The summed E-state index contributed by atoms with van der Waals surface area (Å²) in [4.78, 5) is 13.9. The van der Waals surface area contributed by atoms with Gasteiger partial charge in [0.2, 0.25) is 0 Å². The third-order valence-electron chi connectivity index (χ3n) is 4.27. The summed E-state index contributed by atoms with van der Waals surface area (Å²) in [7, 11) is 0. The summed E-state index contributed by atoms with van der Waals surface area (Å²) in [5.74, 6) is 0.795. The highest BCUT2D eigenvalue weighted by Gasteiger charge is 2.24. The summed E-state index contributed by atoms with van der Waals surface area (Å²) in [6.45, 7) is 3.58. The summed E-state index contributed by atoms with van der Waals surface area (Å²) in [6.07, 6.45) is 7.33. The van der Waals surface area contributed by atoms with Crippen LogP contribution < -0.4 is 5.32 Å². The lowest BCUT2D eigenvalue weighted by Gasteiger charge is -2.31. The molecule has 2 aliphatic rings. The van der Waals surface area contributed by atoms with E-state index in [-0.39, 0.29) is 12.1 Å². The molecule has 1 aliphatic heterocycles. The number of amides is 2. The van der Waals surface area contributed by atoms with Gasteiger partial charge in [0, 0.05) is 19.1 Å². The lowest BCUT2D eigenvalue weighted by atomic mass is 10.0. The fraction of sp³-hybridized carbons (Fsp3) is 0.929. The zero-order valence-corrected chi connectivity index (χ0v) is 11.4. The molecule has 4 heteroatoms. The van der Waals surface area contributed by atoms with Crippen LogP contribution in [0.3, 0.4) is 0 Å². The Kier molecular flexibility index (Phi) is 4.87. The van der Waals surface area contributed by atoms with Gasteiger partial charge in [0.1, 0.15) is 0 Å². The van der Waals surface area contributed by atoms with Crippen molar-refractivity contribution in [2.24, 2.45) is 5.92 Å². The van der Waals surface area contributed by atoms with E-state index in [1.807, 2.05) is 0 Å². The van der Waals surface area contributed by atoms with Gasteiger partial charge in [-0.3, -0.25) is 0 Å². The van der Waals surface area contributed by atoms with E-state index in [1.54, 1.807) is 4.90 Å². The maximum atomic E-state index is 12.1. The lowest BCUT2D eigenvalue weighted by molar-refractivity contribution is 0.0831. The molecule has 2 N–H and O–H groups in total. The fourth-order valence-corrected chi connectivity index (χ4v) is 3.04. The fourth-order valence-electron chi connectivity index (χ4n) is 3.04. The molecule has 0 aromatic heterocycles. The van der Waals surface area contributed by atoms with Crippen molar-refractivity contribution in [3.63, 3.8) is 0 Å². The molecule has 2 fully saturated rings. The lowest BCUT2D eigenvalue weighted by Crippen LogP contribution is -2.49. The van der Waals surface area contributed by atoms with Gasteiger partial charge in [0.25, 0.3) is 0 Å². The average molecular weight is 254 g/mol. The first-order valence-corrected chi connectivity index (χ1v) is 7.38. The molecule has 0 radical (unpaired) electrons. The first-order valence-electron chi connectivity index (χ1n) is 7.38. The summed E-state index contributed by atoms with van der Waals surface area (Å²) in [5, 5.41) is 12.7. The number of carbonyl (C=O) groups is 1. The number of carbonyl (C=O) groups excluding carboxylic acids is 1. The number of hydrogen-bond donors (Lipinski definition) is 2. The van der Waals surface area contributed by atoms with Gasteiger partial charge in [-0.1, -0.05) is 19.8 Å². The van der Waals surface area contributed by atoms with Crippen molar-refractivity contribution in [1.82, 2.24) is 10.2 Å². The largest absolute Gasteiger partial charge is 0.391 e. The molecular weight excluding hydrogens is 228 g/mol. The van der Waals surface area contributed by atoms with E-state index >= 15 is 0 Å². The number of nitrogens with one attached hydrogen (secondary N) is 1. The first-order chi connectivity index (χ1) is 8.65. The summed E-state index contributed by atoms with van der Waals surface area (Å²) >= 11 is 0. The van der Waals surface area contributed by atoms with Crippen molar-refractivity contribution in [3.05, 3.63) is 0 Å². The molecule has 18 heavy (non-hydrogen) atoms. The maximum absolute atomic E-state index is 12.1. The predicted octanol–water partition coefficient (Wildman–Crippen LogP) is 2.12. The maximum Gasteiger partial charge on any atom is 0.317 e. The topological polar surface area (TPSA) is 52.6 Å². The van der Waals surface area contributed by atoms with Crippen molar-refractivity contribution >= 4 is 6.03 Å². The van der Waals surface area contributed by atoms with Crippen LogP contribution >= 0.6 is 0 Å². The number of hydrogen-bond acceptors (Lipinski definition) is 2. The minimum atomic E-state index is -0.335. The molecular formula is C14H26N2O2. The van der Waals surface area contributed by atoms with Gasteiger partial charge in [-0.05, 0) is 38.0 Å². The van der Waals surface area contributed by atoms with Crippen LogP contribution in [0.4, 0.5) is 4.79 Å². The average Bonchev–Trinajstić information content (AvgIpc) is 2.54. The molecule has 1 heterocycles. The Labute approximate surface area is 110 Å². The Bertz CT molecular complexity index is 283. The third-order valence-corrected chi connectivity index (χ3v) is 4.27. The van der Waals surface area contributed by atoms with E-state index < -0.39 is 0 Å². The standard InChI is InChI=1S/C14H26N2O2/c1-11-4-2-5-12(8-7-11)15-14(18)16-9-3-6-13(17)10-16/h11-13,17H,2-10H2,1H3,(H,15,18)/t11-,12+,13+/m1/s1. The quantitative estimate of drug-likeness (QED) is 0.704. The highest BCUT2D eigenvalue weighted by atomic mass is 16.3. The molecule has 1 saturated carbocycles. The first kappa shape index (κ1) is 13.7. The van der Waals surface area contributed by atoms with Gasteiger partial charge in [0.05, 0.1) is 6.10 Å². The van der Waals surface area contributed by atoms with E-state index in [1.165, 1.54) is 19.3 Å². The number of β-amino-alcohol motifs (C(OH)–C–C–N with tert-alkyl or cyclic N) is 1. The van der Waals surface area contributed by atoms with Crippen LogP contribution in [0.2, 0.25) is 0 Å². The van der Waals surface area contributed by atoms with Crippen molar-refractivity contribution in [2.45, 2.75) is 64.0 Å². The molecule has 0 bridgehead atoms. The normalized spacial score (nSPS) is 33.9. The van der Waals surface area contributed by atoms with Gasteiger partial charge in [0.15, 0.2) is 0 Å². The Hall–Kier alpha value is -0.770. The van der Waals surface area contributed by atoms with Crippen molar-refractivity contribution < 1.29 is 9.90 Å². The molecule has 1 saturated heterocycles. The van der Waals surface area contributed by atoms with Gasteiger partial charge in [-0.25, -0.2) is 4.79 Å². The molecule has 1 aliphatic carbocycles. The molecule has 2 rings (SSSR count). The predicted molar refractivity (Wildman–Crippen MR) is 71.4 cm³/mol. The molecule has 2 amide bonds. The van der Waals surface area contributed by atoms with E-state index in [4.69, 9.17) is 0 Å². The molecule has 0 aromatic rings. The van der Waals surface area contributed by atoms with Crippen LogP contribution in [0.5, 0.6) is 0 Å². The van der Waals surface area contributed by atoms with Crippen LogP contribution in [0.15, 0.2) is 0 Å². The van der Waals surface area contributed by atoms with Gasteiger partial charge < -0.3 is 15.3 Å². The van der Waals surface area contributed by atoms with E-state index in [0.29, 0.717) is 12.6 Å². The SMILES string of the molecule is C[C@@H]1CCC[C@H](NC(=O)N2CCC[C@H](O)C2)CC1. The zero-order chi connectivity index (χ0) is 13.0. The van der Waals surface area contributed by atoms with Crippen LogP contribution in [-0.2, 0) is 0 Å². The highest BCUT2D eigenvalue weighted by Crippen LogP contribution is 2.22. The van der Waals surface area contributed by atoms with Crippen molar-refractivity contribution in [2.75, 3.05) is 13.1 Å². The number of likely N-dealkylation sites (tertiary alicyclic amines) is 1. The van der Waals surface area contributed by atoms with E-state index in [0.717, 1.165) is 38.1 Å². The number of nitrogens with zero attached hydrogens (tertiary/aromatic N) is 1. The third kappa shape index (κ3) is 3.87. The molecule has 0 unspecified atom stereocenters. The number of rotatable bonds is 1. The van der Waals surface area contributed by atoms with E-state index in [2.05, 4.69) is 12.2 Å². The van der Waals surface area contributed by atoms with Crippen LogP contribution in [-0.4, -0.2) is 41.3 Å². The summed E-state index contributed by atoms with van der Waals surface area (Å²) < 4.78 is 0. The molecule has 0 spiro atoms. The summed E-state index contributed by atoms with van der Waals surface area (Å²) in [6, 6.07) is 0.356. The molecule has 0 aromatic carbocycles. The highest BCUT2D eigenvalue weighted by molar-refractivity contribution is 5.74. The molecule has 104 valence electrons.